The van der Waals surface area contributed by atoms with E-state index in [4.69, 9.17) is 0 Å². The SMILES string of the molecule is CN1CCc2cc(CNCc3ccccc3Br)ccc21. The molecule has 1 aliphatic rings. The van der Waals surface area contributed by atoms with Crippen molar-refractivity contribution in [2.24, 2.45) is 0 Å². The van der Waals surface area contributed by atoms with E-state index >= 15 is 0 Å². The van der Waals surface area contributed by atoms with E-state index in [1.54, 1.807) is 0 Å². The molecule has 0 saturated carbocycles. The number of halogens is 1. The van der Waals surface area contributed by atoms with Crippen molar-refractivity contribution in [3.05, 3.63) is 63.6 Å². The van der Waals surface area contributed by atoms with Gasteiger partial charge in [-0.15, -0.1) is 0 Å². The number of likely N-dealkylation sites (N-methyl/N-ethyl adjacent to an activating group) is 1. The minimum Gasteiger partial charge on any atom is -0.374 e. The highest BCUT2D eigenvalue weighted by molar-refractivity contribution is 9.10. The molecule has 3 heteroatoms. The van der Waals surface area contributed by atoms with Crippen LogP contribution in [0.5, 0.6) is 0 Å². The third kappa shape index (κ3) is 2.89. The van der Waals surface area contributed by atoms with Crippen LogP contribution < -0.4 is 10.2 Å². The number of benzene rings is 2. The molecule has 104 valence electrons. The van der Waals surface area contributed by atoms with Gasteiger partial charge in [0, 0.05) is 36.8 Å². The fraction of sp³-hybridized carbons (Fsp3) is 0.294. The fourth-order valence-electron chi connectivity index (χ4n) is 2.71. The molecular weight excluding hydrogens is 312 g/mol. The lowest BCUT2D eigenvalue weighted by Gasteiger charge is -2.12. The quantitative estimate of drug-likeness (QED) is 0.918. The zero-order valence-electron chi connectivity index (χ0n) is 11.7. The summed E-state index contributed by atoms with van der Waals surface area (Å²) in [5.74, 6) is 0. The van der Waals surface area contributed by atoms with Gasteiger partial charge >= 0.3 is 0 Å². The van der Waals surface area contributed by atoms with E-state index in [-0.39, 0.29) is 0 Å². The second kappa shape index (κ2) is 5.98. The highest BCUT2D eigenvalue weighted by Crippen LogP contribution is 2.27. The molecule has 0 unspecified atom stereocenters. The van der Waals surface area contributed by atoms with Crippen molar-refractivity contribution in [1.29, 1.82) is 0 Å². The van der Waals surface area contributed by atoms with Gasteiger partial charge in [-0.2, -0.15) is 0 Å². The van der Waals surface area contributed by atoms with Crippen LogP contribution in [0.4, 0.5) is 5.69 Å². The third-order valence-corrected chi connectivity index (χ3v) is 4.65. The molecule has 2 aromatic rings. The Morgan fingerprint density at radius 1 is 1.15 bits per heavy atom. The molecule has 0 aliphatic carbocycles. The van der Waals surface area contributed by atoms with Gasteiger partial charge in [0.25, 0.3) is 0 Å². The summed E-state index contributed by atoms with van der Waals surface area (Å²) in [6, 6.07) is 15.2. The van der Waals surface area contributed by atoms with Gasteiger partial charge in [-0.3, -0.25) is 0 Å². The summed E-state index contributed by atoms with van der Waals surface area (Å²) in [7, 11) is 2.16. The molecule has 20 heavy (non-hydrogen) atoms. The van der Waals surface area contributed by atoms with Crippen LogP contribution in [-0.2, 0) is 19.5 Å². The van der Waals surface area contributed by atoms with Crippen molar-refractivity contribution in [2.45, 2.75) is 19.5 Å². The van der Waals surface area contributed by atoms with Crippen molar-refractivity contribution in [1.82, 2.24) is 5.32 Å². The van der Waals surface area contributed by atoms with Crippen LogP contribution in [0.2, 0.25) is 0 Å². The number of fused-ring (bicyclic) bond motifs is 1. The number of rotatable bonds is 4. The smallest absolute Gasteiger partial charge is 0.0397 e. The van der Waals surface area contributed by atoms with Gasteiger partial charge in [0.05, 0.1) is 0 Å². The Bertz CT molecular complexity index is 610. The van der Waals surface area contributed by atoms with Crippen LogP contribution in [0.15, 0.2) is 46.9 Å². The number of hydrogen-bond acceptors (Lipinski definition) is 2. The average molecular weight is 331 g/mol. The van der Waals surface area contributed by atoms with Gasteiger partial charge in [-0.05, 0) is 35.2 Å². The highest BCUT2D eigenvalue weighted by atomic mass is 79.9. The Labute approximate surface area is 128 Å². The van der Waals surface area contributed by atoms with Crippen molar-refractivity contribution < 1.29 is 0 Å². The second-order valence-electron chi connectivity index (χ2n) is 5.33. The molecular formula is C17H19BrN2. The summed E-state index contributed by atoms with van der Waals surface area (Å²) in [6.07, 6.45) is 1.17. The maximum atomic E-state index is 3.58. The van der Waals surface area contributed by atoms with Crippen LogP contribution >= 0.6 is 15.9 Å². The monoisotopic (exact) mass is 330 g/mol. The van der Waals surface area contributed by atoms with E-state index in [0.717, 1.165) is 19.6 Å². The van der Waals surface area contributed by atoms with Gasteiger partial charge < -0.3 is 10.2 Å². The van der Waals surface area contributed by atoms with Gasteiger partial charge in [0.1, 0.15) is 0 Å². The van der Waals surface area contributed by atoms with Crippen LogP contribution in [0.25, 0.3) is 0 Å². The standard InChI is InChI=1S/C17H19BrN2/c1-20-9-8-14-10-13(6-7-17(14)20)11-19-12-15-4-2-3-5-16(15)18/h2-7,10,19H,8-9,11-12H2,1H3. The lowest BCUT2D eigenvalue weighted by Crippen LogP contribution is -2.13. The predicted octanol–water partition coefficient (Wildman–Crippen LogP) is 3.73. The van der Waals surface area contributed by atoms with E-state index in [1.165, 1.54) is 33.3 Å². The largest absolute Gasteiger partial charge is 0.374 e. The van der Waals surface area contributed by atoms with Crippen LogP contribution in [-0.4, -0.2) is 13.6 Å². The van der Waals surface area contributed by atoms with Crippen molar-refractivity contribution >= 4 is 21.6 Å². The van der Waals surface area contributed by atoms with Crippen molar-refractivity contribution in [2.75, 3.05) is 18.5 Å². The van der Waals surface area contributed by atoms with E-state index in [1.807, 2.05) is 6.07 Å². The molecule has 2 aromatic carbocycles. The van der Waals surface area contributed by atoms with E-state index in [0.29, 0.717) is 0 Å². The lowest BCUT2D eigenvalue weighted by molar-refractivity contribution is 0.691. The maximum Gasteiger partial charge on any atom is 0.0397 e. The number of hydrogen-bond donors (Lipinski definition) is 1. The summed E-state index contributed by atoms with van der Waals surface area (Å²) >= 11 is 3.58. The molecule has 0 fully saturated rings. The molecule has 2 nitrogen and oxygen atoms in total. The summed E-state index contributed by atoms with van der Waals surface area (Å²) in [5, 5.41) is 3.52. The molecule has 0 bridgehead atoms. The first-order chi connectivity index (χ1) is 9.74. The Morgan fingerprint density at radius 3 is 2.85 bits per heavy atom. The average Bonchev–Trinajstić information content (AvgIpc) is 2.82. The normalized spacial score (nSPS) is 13.6. The van der Waals surface area contributed by atoms with Crippen LogP contribution in [0.1, 0.15) is 16.7 Å². The van der Waals surface area contributed by atoms with E-state index in [2.05, 4.69) is 69.6 Å². The summed E-state index contributed by atoms with van der Waals surface area (Å²) in [4.78, 5) is 2.33. The fourth-order valence-corrected chi connectivity index (χ4v) is 3.14. The number of nitrogens with one attached hydrogen (secondary N) is 1. The van der Waals surface area contributed by atoms with Crippen LogP contribution in [0.3, 0.4) is 0 Å². The molecule has 1 N–H and O–H groups in total. The predicted molar refractivity (Wildman–Crippen MR) is 88.1 cm³/mol. The van der Waals surface area contributed by atoms with Gasteiger partial charge in [0.2, 0.25) is 0 Å². The Balaban J connectivity index is 1.61. The zero-order chi connectivity index (χ0) is 13.9. The molecule has 0 aromatic heterocycles. The summed E-state index contributed by atoms with van der Waals surface area (Å²) in [6.45, 7) is 2.94. The molecule has 3 rings (SSSR count). The molecule has 0 atom stereocenters. The molecule has 1 aliphatic heterocycles. The minimum absolute atomic E-state index is 0.887. The van der Waals surface area contributed by atoms with Crippen LogP contribution in [0, 0.1) is 0 Å². The van der Waals surface area contributed by atoms with Gasteiger partial charge in [-0.1, -0.05) is 46.3 Å². The van der Waals surface area contributed by atoms with E-state index in [9.17, 15) is 0 Å². The summed E-state index contributed by atoms with van der Waals surface area (Å²) in [5.41, 5.74) is 5.53. The molecule has 0 saturated heterocycles. The van der Waals surface area contributed by atoms with Crippen molar-refractivity contribution in [3.63, 3.8) is 0 Å². The Kier molecular flexibility index (Phi) is 4.08. The Hall–Kier alpha value is -1.32. The van der Waals surface area contributed by atoms with Gasteiger partial charge in [-0.25, -0.2) is 0 Å². The topological polar surface area (TPSA) is 15.3 Å². The number of nitrogens with zero attached hydrogens (tertiary/aromatic N) is 1. The second-order valence-corrected chi connectivity index (χ2v) is 6.18. The molecule has 0 amide bonds. The minimum atomic E-state index is 0.887. The highest BCUT2D eigenvalue weighted by Gasteiger charge is 2.15. The number of anilines is 1. The first kappa shape index (κ1) is 13.7. The molecule has 0 spiro atoms. The van der Waals surface area contributed by atoms with Gasteiger partial charge in [0.15, 0.2) is 0 Å². The first-order valence-corrected chi connectivity index (χ1v) is 7.80. The lowest BCUT2D eigenvalue weighted by atomic mass is 10.1. The molecule has 1 heterocycles. The third-order valence-electron chi connectivity index (χ3n) is 3.87. The Morgan fingerprint density at radius 2 is 2.00 bits per heavy atom. The maximum absolute atomic E-state index is 3.58. The van der Waals surface area contributed by atoms with Crippen molar-refractivity contribution in [3.8, 4) is 0 Å². The zero-order valence-corrected chi connectivity index (χ0v) is 13.3. The summed E-state index contributed by atoms with van der Waals surface area (Å²) < 4.78 is 1.17. The van der Waals surface area contributed by atoms with E-state index < -0.39 is 0 Å². The first-order valence-electron chi connectivity index (χ1n) is 7.01. The molecule has 0 radical (unpaired) electrons.